The molecule has 0 saturated carbocycles. The zero-order valence-corrected chi connectivity index (χ0v) is 11.7. The molecular formula is C15H10N4O4. The van der Waals surface area contributed by atoms with Gasteiger partial charge in [-0.15, -0.1) is 0 Å². The molecule has 0 aliphatic heterocycles. The molecule has 0 amide bonds. The maximum absolute atomic E-state index is 11.1. The number of nitrogens with zero attached hydrogens (tertiary/aromatic N) is 3. The molecule has 3 aromatic rings. The van der Waals surface area contributed by atoms with Crippen molar-refractivity contribution in [1.82, 2.24) is 4.98 Å². The number of anilines is 1. The maximum atomic E-state index is 11.1. The highest BCUT2D eigenvalue weighted by atomic mass is 16.6. The third-order valence-electron chi connectivity index (χ3n) is 3.07. The minimum atomic E-state index is -0.526. The molecule has 2 aromatic heterocycles. The predicted molar refractivity (Wildman–Crippen MR) is 79.3 cm³/mol. The molecule has 3 rings (SSSR count). The van der Waals surface area contributed by atoms with Crippen LogP contribution in [0.1, 0.15) is 11.5 Å². The Labute approximate surface area is 130 Å². The summed E-state index contributed by atoms with van der Waals surface area (Å²) in [6, 6.07) is 11.4. The van der Waals surface area contributed by atoms with Crippen LogP contribution in [0.2, 0.25) is 0 Å². The first-order valence-corrected chi connectivity index (χ1v) is 6.60. The normalized spacial score (nSPS) is 10.2. The summed E-state index contributed by atoms with van der Waals surface area (Å²) in [5.41, 5.74) is 0.0839. The van der Waals surface area contributed by atoms with Crippen LogP contribution in [0.3, 0.4) is 0 Å². The molecule has 114 valence electrons. The number of nitro benzene ring substituents is 1. The van der Waals surface area contributed by atoms with E-state index in [9.17, 15) is 10.1 Å². The summed E-state index contributed by atoms with van der Waals surface area (Å²) in [4.78, 5) is 14.6. The van der Waals surface area contributed by atoms with Crippen LogP contribution in [-0.2, 0) is 6.54 Å². The lowest BCUT2D eigenvalue weighted by molar-refractivity contribution is -0.384. The van der Waals surface area contributed by atoms with Gasteiger partial charge in [0.1, 0.15) is 17.4 Å². The lowest BCUT2D eigenvalue weighted by Gasteiger charge is -2.00. The van der Waals surface area contributed by atoms with Crippen LogP contribution in [0, 0.1) is 21.4 Å². The van der Waals surface area contributed by atoms with Gasteiger partial charge in [0.2, 0.25) is 17.5 Å². The number of nitrogens with one attached hydrogen (secondary N) is 1. The van der Waals surface area contributed by atoms with Gasteiger partial charge in [-0.1, -0.05) is 12.1 Å². The van der Waals surface area contributed by atoms with Gasteiger partial charge in [0.15, 0.2) is 0 Å². The third kappa shape index (κ3) is 2.89. The van der Waals surface area contributed by atoms with Crippen molar-refractivity contribution in [2.45, 2.75) is 6.54 Å². The van der Waals surface area contributed by atoms with E-state index in [0.29, 0.717) is 12.3 Å². The van der Waals surface area contributed by atoms with E-state index < -0.39 is 4.92 Å². The van der Waals surface area contributed by atoms with Gasteiger partial charge in [0, 0.05) is 6.07 Å². The molecule has 0 bridgehead atoms. The van der Waals surface area contributed by atoms with Crippen molar-refractivity contribution < 1.29 is 13.8 Å². The number of nitro groups is 1. The van der Waals surface area contributed by atoms with E-state index in [0.717, 1.165) is 0 Å². The number of hydrogen-bond donors (Lipinski definition) is 1. The molecule has 0 unspecified atom stereocenters. The Morgan fingerprint density at radius 3 is 2.83 bits per heavy atom. The van der Waals surface area contributed by atoms with Crippen LogP contribution in [0.4, 0.5) is 11.6 Å². The minimum Gasteiger partial charge on any atom is -0.467 e. The number of para-hydroxylation sites is 1. The smallest absolute Gasteiger partial charge is 0.282 e. The lowest BCUT2D eigenvalue weighted by atomic mass is 10.2. The van der Waals surface area contributed by atoms with E-state index in [4.69, 9.17) is 14.1 Å². The molecule has 1 aromatic carbocycles. The van der Waals surface area contributed by atoms with E-state index in [1.54, 1.807) is 24.3 Å². The summed E-state index contributed by atoms with van der Waals surface area (Å²) in [6.07, 6.45) is 1.53. The van der Waals surface area contributed by atoms with Crippen molar-refractivity contribution in [3.63, 3.8) is 0 Å². The van der Waals surface area contributed by atoms with E-state index in [1.807, 2.05) is 6.07 Å². The number of benzene rings is 1. The molecule has 0 radical (unpaired) electrons. The lowest BCUT2D eigenvalue weighted by Crippen LogP contribution is -1.98. The van der Waals surface area contributed by atoms with Crippen LogP contribution in [0.25, 0.3) is 11.5 Å². The van der Waals surface area contributed by atoms with Gasteiger partial charge in [-0.25, -0.2) is 0 Å². The second-order valence-electron chi connectivity index (χ2n) is 4.52. The van der Waals surface area contributed by atoms with E-state index >= 15 is 0 Å². The van der Waals surface area contributed by atoms with Crippen molar-refractivity contribution in [3.8, 4) is 17.5 Å². The van der Waals surface area contributed by atoms with Crippen LogP contribution >= 0.6 is 0 Å². The van der Waals surface area contributed by atoms with Gasteiger partial charge in [0.25, 0.3) is 5.69 Å². The highest BCUT2D eigenvalue weighted by Gasteiger charge is 2.21. The molecule has 0 saturated heterocycles. The van der Waals surface area contributed by atoms with Crippen molar-refractivity contribution in [2.75, 3.05) is 5.32 Å². The number of oxazole rings is 1. The minimum absolute atomic E-state index is 0.01000. The molecule has 23 heavy (non-hydrogen) atoms. The molecule has 0 fully saturated rings. The standard InChI is InChI=1S/C15H10N4O4/c16-8-12-15(17-9-10-4-3-7-22-10)23-14(18-12)11-5-1-2-6-13(11)19(20)21/h1-7,17H,9H2. The van der Waals surface area contributed by atoms with Gasteiger partial charge in [-0.2, -0.15) is 10.2 Å². The zero-order valence-electron chi connectivity index (χ0n) is 11.7. The number of furan rings is 1. The average Bonchev–Trinajstić information content (AvgIpc) is 3.22. The van der Waals surface area contributed by atoms with E-state index in [1.165, 1.54) is 18.4 Å². The summed E-state index contributed by atoms with van der Waals surface area (Å²) < 4.78 is 10.7. The Kier molecular flexibility index (Phi) is 3.76. The Balaban J connectivity index is 1.93. The first-order chi connectivity index (χ1) is 11.2. The number of rotatable bonds is 5. The maximum Gasteiger partial charge on any atom is 0.282 e. The zero-order chi connectivity index (χ0) is 16.2. The molecule has 2 heterocycles. The summed E-state index contributed by atoms with van der Waals surface area (Å²) >= 11 is 0. The summed E-state index contributed by atoms with van der Waals surface area (Å²) in [5, 5.41) is 23.1. The summed E-state index contributed by atoms with van der Waals surface area (Å²) in [5.74, 6) is 0.797. The first-order valence-electron chi connectivity index (χ1n) is 6.60. The van der Waals surface area contributed by atoms with Crippen LogP contribution in [0.5, 0.6) is 0 Å². The van der Waals surface area contributed by atoms with E-state index in [-0.39, 0.29) is 28.7 Å². The topological polar surface area (TPSA) is 118 Å². The Bertz CT molecular complexity index is 877. The highest BCUT2D eigenvalue weighted by molar-refractivity contribution is 5.68. The van der Waals surface area contributed by atoms with Crippen LogP contribution < -0.4 is 5.32 Å². The fourth-order valence-corrected chi connectivity index (χ4v) is 2.03. The first kappa shape index (κ1) is 14.3. The van der Waals surface area contributed by atoms with Gasteiger partial charge in [0.05, 0.1) is 17.7 Å². The van der Waals surface area contributed by atoms with Crippen molar-refractivity contribution >= 4 is 11.6 Å². The van der Waals surface area contributed by atoms with Crippen molar-refractivity contribution in [1.29, 1.82) is 5.26 Å². The van der Waals surface area contributed by atoms with Crippen molar-refractivity contribution in [2.24, 2.45) is 0 Å². The molecule has 0 aliphatic carbocycles. The van der Waals surface area contributed by atoms with Gasteiger partial charge < -0.3 is 14.2 Å². The number of hydrogen-bond acceptors (Lipinski definition) is 7. The fraction of sp³-hybridized carbons (Fsp3) is 0.0667. The SMILES string of the molecule is N#Cc1nc(-c2ccccc2[N+](=O)[O-])oc1NCc1ccco1. The molecule has 0 aliphatic rings. The van der Waals surface area contributed by atoms with Crippen LogP contribution in [-0.4, -0.2) is 9.91 Å². The molecule has 0 spiro atoms. The monoisotopic (exact) mass is 310 g/mol. The highest BCUT2D eigenvalue weighted by Crippen LogP contribution is 2.32. The second-order valence-corrected chi connectivity index (χ2v) is 4.52. The molecule has 1 N–H and O–H groups in total. The fourth-order valence-electron chi connectivity index (χ4n) is 2.03. The Morgan fingerprint density at radius 1 is 1.30 bits per heavy atom. The molecule has 8 nitrogen and oxygen atoms in total. The molecule has 0 atom stereocenters. The number of nitriles is 1. The largest absolute Gasteiger partial charge is 0.467 e. The molecule has 8 heteroatoms. The summed E-state index contributed by atoms with van der Waals surface area (Å²) in [7, 11) is 0. The quantitative estimate of drug-likeness (QED) is 0.567. The van der Waals surface area contributed by atoms with E-state index in [2.05, 4.69) is 10.3 Å². The van der Waals surface area contributed by atoms with Gasteiger partial charge in [-0.3, -0.25) is 10.1 Å². The Morgan fingerprint density at radius 2 is 2.13 bits per heavy atom. The van der Waals surface area contributed by atoms with Gasteiger partial charge >= 0.3 is 0 Å². The predicted octanol–water partition coefficient (Wildman–Crippen LogP) is 3.33. The number of aromatic nitrogens is 1. The van der Waals surface area contributed by atoms with Crippen LogP contribution in [0.15, 0.2) is 51.5 Å². The summed E-state index contributed by atoms with van der Waals surface area (Å²) in [6.45, 7) is 0.299. The van der Waals surface area contributed by atoms with Crippen molar-refractivity contribution in [3.05, 3.63) is 64.2 Å². The molecular weight excluding hydrogens is 300 g/mol. The van der Waals surface area contributed by atoms with Gasteiger partial charge in [-0.05, 0) is 18.2 Å². The Hall–Kier alpha value is -3.60. The third-order valence-corrected chi connectivity index (χ3v) is 3.07. The second kappa shape index (κ2) is 6.03. The average molecular weight is 310 g/mol.